The summed E-state index contributed by atoms with van der Waals surface area (Å²) in [6, 6.07) is 7.03. The molecule has 0 spiro atoms. The standard InChI is InChI=1S/C18H26N4O3S/c1-14-7-8-15(26(24,25)22(2)3)11-16(14)20-12-17(23)21-18(13-19)9-5-4-6-10-18/h7-8,11,20H,4-6,9-10,12H2,1-3H3,(H,21,23). The molecular formula is C18H26N4O3S. The van der Waals surface area contributed by atoms with Crippen LogP contribution in [-0.4, -0.2) is 44.8 Å². The highest BCUT2D eigenvalue weighted by Gasteiger charge is 2.33. The lowest BCUT2D eigenvalue weighted by Gasteiger charge is -2.31. The molecule has 142 valence electrons. The van der Waals surface area contributed by atoms with Crippen LogP contribution in [0.4, 0.5) is 5.69 Å². The molecular weight excluding hydrogens is 352 g/mol. The molecule has 0 unspecified atom stereocenters. The van der Waals surface area contributed by atoms with Crippen LogP contribution >= 0.6 is 0 Å². The lowest BCUT2D eigenvalue weighted by Crippen LogP contribution is -2.50. The molecule has 2 rings (SSSR count). The summed E-state index contributed by atoms with van der Waals surface area (Å²) < 4.78 is 25.7. The van der Waals surface area contributed by atoms with Crippen LogP contribution in [0.25, 0.3) is 0 Å². The van der Waals surface area contributed by atoms with Gasteiger partial charge in [-0.05, 0) is 37.5 Å². The molecule has 1 aromatic carbocycles. The van der Waals surface area contributed by atoms with E-state index in [0.29, 0.717) is 18.5 Å². The number of hydrogen-bond acceptors (Lipinski definition) is 5. The number of aryl methyl sites for hydroxylation is 1. The number of carbonyl (C=O) groups excluding carboxylic acids is 1. The average Bonchev–Trinajstić information content (AvgIpc) is 2.61. The van der Waals surface area contributed by atoms with Crippen molar-refractivity contribution in [2.45, 2.75) is 49.5 Å². The van der Waals surface area contributed by atoms with Gasteiger partial charge in [-0.15, -0.1) is 0 Å². The molecule has 1 fully saturated rings. The van der Waals surface area contributed by atoms with E-state index in [4.69, 9.17) is 0 Å². The number of nitrogens with one attached hydrogen (secondary N) is 2. The fourth-order valence-corrected chi connectivity index (χ4v) is 4.00. The van der Waals surface area contributed by atoms with E-state index in [1.54, 1.807) is 12.1 Å². The number of benzene rings is 1. The zero-order chi connectivity index (χ0) is 19.4. The third-order valence-corrected chi connectivity index (χ3v) is 6.54. The second kappa shape index (κ2) is 8.06. The van der Waals surface area contributed by atoms with E-state index in [1.165, 1.54) is 20.2 Å². The Kier molecular flexibility index (Phi) is 6.26. The molecule has 0 saturated heterocycles. The van der Waals surface area contributed by atoms with E-state index in [9.17, 15) is 18.5 Å². The van der Waals surface area contributed by atoms with Crippen molar-refractivity contribution >= 4 is 21.6 Å². The molecule has 0 radical (unpaired) electrons. The number of amides is 1. The zero-order valence-electron chi connectivity index (χ0n) is 15.5. The van der Waals surface area contributed by atoms with E-state index >= 15 is 0 Å². The summed E-state index contributed by atoms with van der Waals surface area (Å²) in [6.07, 6.45) is 4.30. The van der Waals surface area contributed by atoms with Crippen LogP contribution in [0.1, 0.15) is 37.7 Å². The van der Waals surface area contributed by atoms with Crippen LogP contribution in [-0.2, 0) is 14.8 Å². The molecule has 0 heterocycles. The first-order valence-electron chi connectivity index (χ1n) is 8.69. The van der Waals surface area contributed by atoms with Gasteiger partial charge in [0.05, 0.1) is 17.5 Å². The fraction of sp³-hybridized carbons (Fsp3) is 0.556. The van der Waals surface area contributed by atoms with E-state index in [2.05, 4.69) is 16.7 Å². The monoisotopic (exact) mass is 378 g/mol. The number of sulfonamides is 1. The van der Waals surface area contributed by atoms with Crippen molar-refractivity contribution < 1.29 is 13.2 Å². The molecule has 0 bridgehead atoms. The maximum atomic E-state index is 12.3. The molecule has 26 heavy (non-hydrogen) atoms. The molecule has 7 nitrogen and oxygen atoms in total. The minimum absolute atomic E-state index is 0.0181. The molecule has 1 amide bonds. The van der Waals surface area contributed by atoms with Crippen molar-refractivity contribution in [2.75, 3.05) is 26.0 Å². The Balaban J connectivity index is 2.07. The highest BCUT2D eigenvalue weighted by Crippen LogP contribution is 2.27. The van der Waals surface area contributed by atoms with Crippen LogP contribution in [0.2, 0.25) is 0 Å². The van der Waals surface area contributed by atoms with Crippen LogP contribution < -0.4 is 10.6 Å². The van der Waals surface area contributed by atoms with Crippen molar-refractivity contribution in [3.63, 3.8) is 0 Å². The van der Waals surface area contributed by atoms with Gasteiger partial charge in [0.15, 0.2) is 0 Å². The maximum Gasteiger partial charge on any atom is 0.242 e. The van der Waals surface area contributed by atoms with Gasteiger partial charge < -0.3 is 10.6 Å². The van der Waals surface area contributed by atoms with Gasteiger partial charge in [0.1, 0.15) is 5.54 Å². The van der Waals surface area contributed by atoms with E-state index < -0.39 is 15.6 Å². The Morgan fingerprint density at radius 1 is 1.27 bits per heavy atom. The number of nitrogens with zero attached hydrogens (tertiary/aromatic N) is 2. The molecule has 0 atom stereocenters. The van der Waals surface area contributed by atoms with E-state index in [0.717, 1.165) is 29.1 Å². The van der Waals surface area contributed by atoms with Crippen molar-refractivity contribution in [1.29, 1.82) is 5.26 Å². The number of anilines is 1. The third kappa shape index (κ3) is 4.54. The van der Waals surface area contributed by atoms with Crippen molar-refractivity contribution in [2.24, 2.45) is 0 Å². The van der Waals surface area contributed by atoms with Gasteiger partial charge in [-0.3, -0.25) is 4.79 Å². The Bertz CT molecular complexity index is 806. The number of carbonyl (C=O) groups is 1. The lowest BCUT2D eigenvalue weighted by atomic mass is 9.83. The first-order valence-corrected chi connectivity index (χ1v) is 10.1. The summed E-state index contributed by atoms with van der Waals surface area (Å²) in [4.78, 5) is 12.5. The quantitative estimate of drug-likeness (QED) is 0.788. The summed E-state index contributed by atoms with van der Waals surface area (Å²) in [5.41, 5.74) is 0.642. The second-order valence-corrected chi connectivity index (χ2v) is 9.07. The van der Waals surface area contributed by atoms with Gasteiger partial charge >= 0.3 is 0 Å². The largest absolute Gasteiger partial charge is 0.376 e. The summed E-state index contributed by atoms with van der Waals surface area (Å²) in [6.45, 7) is 1.82. The average molecular weight is 378 g/mol. The Labute approximate surface area is 155 Å². The minimum atomic E-state index is -3.54. The van der Waals surface area contributed by atoms with Gasteiger partial charge in [-0.1, -0.05) is 25.3 Å². The first-order chi connectivity index (χ1) is 12.2. The third-order valence-electron chi connectivity index (χ3n) is 4.73. The number of nitriles is 1. The number of hydrogen-bond donors (Lipinski definition) is 2. The SMILES string of the molecule is Cc1ccc(S(=O)(=O)N(C)C)cc1NCC(=O)NC1(C#N)CCCCC1. The lowest BCUT2D eigenvalue weighted by molar-refractivity contribution is -0.121. The van der Waals surface area contributed by atoms with Crippen LogP contribution in [0, 0.1) is 18.3 Å². The molecule has 2 N–H and O–H groups in total. The highest BCUT2D eigenvalue weighted by molar-refractivity contribution is 7.89. The van der Waals surface area contributed by atoms with Gasteiger partial charge in [0, 0.05) is 19.8 Å². The van der Waals surface area contributed by atoms with Crippen molar-refractivity contribution in [1.82, 2.24) is 9.62 Å². The second-order valence-electron chi connectivity index (χ2n) is 6.92. The molecule has 0 aliphatic heterocycles. The summed E-state index contributed by atoms with van der Waals surface area (Å²) in [5, 5.41) is 15.3. The summed E-state index contributed by atoms with van der Waals surface area (Å²) in [7, 11) is -0.595. The summed E-state index contributed by atoms with van der Waals surface area (Å²) >= 11 is 0. The highest BCUT2D eigenvalue weighted by atomic mass is 32.2. The van der Waals surface area contributed by atoms with Crippen LogP contribution in [0.3, 0.4) is 0 Å². The Morgan fingerprint density at radius 3 is 2.50 bits per heavy atom. The number of rotatable bonds is 6. The molecule has 1 aliphatic rings. The Morgan fingerprint density at radius 2 is 1.92 bits per heavy atom. The molecule has 1 aromatic rings. The smallest absolute Gasteiger partial charge is 0.242 e. The van der Waals surface area contributed by atoms with Gasteiger partial charge in [-0.25, -0.2) is 12.7 Å². The summed E-state index contributed by atoms with van der Waals surface area (Å²) in [5.74, 6) is -0.270. The van der Waals surface area contributed by atoms with Crippen LogP contribution in [0.5, 0.6) is 0 Å². The minimum Gasteiger partial charge on any atom is -0.376 e. The Hall–Kier alpha value is -2.11. The zero-order valence-corrected chi connectivity index (χ0v) is 16.3. The molecule has 8 heteroatoms. The van der Waals surface area contributed by atoms with Gasteiger partial charge in [0.2, 0.25) is 15.9 Å². The fourth-order valence-electron chi connectivity index (χ4n) is 3.07. The normalized spacial score (nSPS) is 16.7. The van der Waals surface area contributed by atoms with E-state index in [-0.39, 0.29) is 17.3 Å². The predicted octanol–water partition coefficient (Wildman–Crippen LogP) is 2.00. The molecule has 1 aliphatic carbocycles. The topological polar surface area (TPSA) is 102 Å². The van der Waals surface area contributed by atoms with Crippen molar-refractivity contribution in [3.05, 3.63) is 23.8 Å². The maximum absolute atomic E-state index is 12.3. The van der Waals surface area contributed by atoms with E-state index in [1.807, 2.05) is 6.92 Å². The van der Waals surface area contributed by atoms with Gasteiger partial charge in [-0.2, -0.15) is 5.26 Å². The molecule has 1 saturated carbocycles. The molecule has 0 aromatic heterocycles. The van der Waals surface area contributed by atoms with Gasteiger partial charge in [0.25, 0.3) is 0 Å². The van der Waals surface area contributed by atoms with Crippen LogP contribution in [0.15, 0.2) is 23.1 Å². The first kappa shape index (κ1) is 20.2. The van der Waals surface area contributed by atoms with Crippen molar-refractivity contribution in [3.8, 4) is 6.07 Å². The predicted molar refractivity (Wildman–Crippen MR) is 100 cm³/mol.